The fourth-order valence-electron chi connectivity index (χ4n) is 2.71. The summed E-state index contributed by atoms with van der Waals surface area (Å²) < 4.78 is 10.8. The monoisotopic (exact) mass is 329 g/mol. The van der Waals surface area contributed by atoms with E-state index >= 15 is 0 Å². The van der Waals surface area contributed by atoms with Crippen LogP contribution >= 0.6 is 11.8 Å². The van der Waals surface area contributed by atoms with Gasteiger partial charge in [-0.2, -0.15) is 0 Å². The van der Waals surface area contributed by atoms with Gasteiger partial charge in [-0.1, -0.05) is 18.2 Å². The van der Waals surface area contributed by atoms with Crippen molar-refractivity contribution in [3.8, 4) is 11.5 Å². The van der Waals surface area contributed by atoms with Crippen molar-refractivity contribution in [2.45, 2.75) is 5.37 Å². The van der Waals surface area contributed by atoms with Crippen molar-refractivity contribution in [2.75, 3.05) is 26.5 Å². The van der Waals surface area contributed by atoms with Crippen LogP contribution in [0.5, 0.6) is 11.5 Å². The lowest BCUT2D eigenvalue weighted by molar-refractivity contribution is 0.0759. The number of carbonyl (C=O) groups excluding carboxylic acids is 1. The van der Waals surface area contributed by atoms with Crippen LogP contribution in [0, 0.1) is 0 Å². The van der Waals surface area contributed by atoms with E-state index in [-0.39, 0.29) is 11.3 Å². The molecule has 0 spiro atoms. The normalized spacial score (nSPS) is 17.1. The van der Waals surface area contributed by atoms with Crippen LogP contribution in [0.1, 0.15) is 21.3 Å². The Morgan fingerprint density at radius 2 is 1.91 bits per heavy atom. The summed E-state index contributed by atoms with van der Waals surface area (Å²) in [4.78, 5) is 14.7. The molecule has 4 nitrogen and oxygen atoms in total. The minimum atomic E-state index is -0.0623. The lowest BCUT2D eigenvalue weighted by Crippen LogP contribution is -2.30. The molecule has 0 aromatic heterocycles. The Balaban J connectivity index is 1.94. The van der Waals surface area contributed by atoms with E-state index in [0.29, 0.717) is 5.56 Å². The van der Waals surface area contributed by atoms with Gasteiger partial charge in [-0.3, -0.25) is 4.79 Å². The van der Waals surface area contributed by atoms with Crippen LogP contribution in [-0.2, 0) is 0 Å². The van der Waals surface area contributed by atoms with Crippen molar-refractivity contribution in [3.05, 3.63) is 59.7 Å². The van der Waals surface area contributed by atoms with Gasteiger partial charge in [-0.05, 0) is 30.3 Å². The maximum absolute atomic E-state index is 12.8. The van der Waals surface area contributed by atoms with Crippen LogP contribution in [0.4, 0.5) is 0 Å². The number of ether oxygens (including phenoxy) is 2. The Kier molecular flexibility index (Phi) is 4.76. The molecule has 5 heteroatoms. The first kappa shape index (κ1) is 15.7. The molecule has 1 saturated heterocycles. The van der Waals surface area contributed by atoms with Gasteiger partial charge < -0.3 is 14.4 Å². The summed E-state index contributed by atoms with van der Waals surface area (Å²) in [6.45, 7) is 0.726. The van der Waals surface area contributed by atoms with Crippen LogP contribution in [-0.4, -0.2) is 37.3 Å². The third-order valence-electron chi connectivity index (χ3n) is 3.88. The van der Waals surface area contributed by atoms with E-state index in [1.807, 2.05) is 53.4 Å². The topological polar surface area (TPSA) is 38.8 Å². The third-order valence-corrected chi connectivity index (χ3v) is 5.12. The average Bonchev–Trinajstić information content (AvgIpc) is 3.10. The fourth-order valence-corrected chi connectivity index (χ4v) is 3.98. The molecule has 1 aliphatic heterocycles. The maximum atomic E-state index is 12.8. The highest BCUT2D eigenvalue weighted by molar-refractivity contribution is 7.99. The van der Waals surface area contributed by atoms with E-state index < -0.39 is 0 Å². The minimum absolute atomic E-state index is 0.0467. The molecule has 0 radical (unpaired) electrons. The number of rotatable bonds is 4. The average molecular weight is 329 g/mol. The lowest BCUT2D eigenvalue weighted by Gasteiger charge is -2.26. The first-order chi connectivity index (χ1) is 11.2. The van der Waals surface area contributed by atoms with E-state index in [0.717, 1.165) is 29.4 Å². The van der Waals surface area contributed by atoms with Gasteiger partial charge in [-0.15, -0.1) is 11.8 Å². The molecule has 0 saturated carbocycles. The zero-order valence-electron chi connectivity index (χ0n) is 13.2. The van der Waals surface area contributed by atoms with Crippen molar-refractivity contribution in [2.24, 2.45) is 0 Å². The highest BCUT2D eigenvalue weighted by Gasteiger charge is 2.33. The molecule has 1 fully saturated rings. The second-order valence-corrected chi connectivity index (χ2v) is 6.38. The number of amides is 1. The molecule has 0 N–H and O–H groups in total. The Morgan fingerprint density at radius 1 is 1.13 bits per heavy atom. The second kappa shape index (κ2) is 6.96. The molecule has 1 unspecified atom stereocenters. The SMILES string of the molecule is COc1ccc(OC)c(C2SCCN2C(=O)c2ccccc2)c1. The Bertz CT molecular complexity index is 690. The van der Waals surface area contributed by atoms with Crippen molar-refractivity contribution in [3.63, 3.8) is 0 Å². The Labute approximate surface area is 140 Å². The minimum Gasteiger partial charge on any atom is -0.497 e. The molecule has 1 amide bonds. The van der Waals surface area contributed by atoms with Crippen LogP contribution in [0.15, 0.2) is 48.5 Å². The van der Waals surface area contributed by atoms with Crippen molar-refractivity contribution in [1.29, 1.82) is 0 Å². The predicted octanol–water partition coefficient (Wildman–Crippen LogP) is 3.59. The largest absolute Gasteiger partial charge is 0.497 e. The summed E-state index contributed by atoms with van der Waals surface area (Å²) in [5.41, 5.74) is 1.68. The van der Waals surface area contributed by atoms with Crippen LogP contribution < -0.4 is 9.47 Å². The number of thioether (sulfide) groups is 1. The van der Waals surface area contributed by atoms with Gasteiger partial charge in [0.15, 0.2) is 0 Å². The maximum Gasteiger partial charge on any atom is 0.255 e. The molecule has 1 heterocycles. The van der Waals surface area contributed by atoms with Crippen LogP contribution in [0.2, 0.25) is 0 Å². The molecule has 23 heavy (non-hydrogen) atoms. The standard InChI is InChI=1S/C18H19NO3S/c1-21-14-8-9-16(22-2)15(12-14)18-19(10-11-23-18)17(20)13-6-4-3-5-7-13/h3-9,12,18H,10-11H2,1-2H3. The predicted molar refractivity (Wildman–Crippen MR) is 92.2 cm³/mol. The summed E-state index contributed by atoms with van der Waals surface area (Å²) in [5, 5.41) is -0.0623. The first-order valence-corrected chi connectivity index (χ1v) is 8.49. The second-order valence-electron chi connectivity index (χ2n) is 5.20. The first-order valence-electron chi connectivity index (χ1n) is 7.44. The van der Waals surface area contributed by atoms with Gasteiger partial charge in [0.2, 0.25) is 0 Å². The molecule has 120 valence electrons. The molecule has 0 aliphatic carbocycles. The van der Waals surface area contributed by atoms with Gasteiger partial charge in [0.25, 0.3) is 5.91 Å². The lowest BCUT2D eigenvalue weighted by atomic mass is 10.1. The zero-order chi connectivity index (χ0) is 16.2. The van der Waals surface area contributed by atoms with Gasteiger partial charge in [0, 0.05) is 23.4 Å². The molecule has 3 rings (SSSR count). The number of nitrogens with zero attached hydrogens (tertiary/aromatic N) is 1. The number of hydrogen-bond donors (Lipinski definition) is 0. The van der Waals surface area contributed by atoms with E-state index in [9.17, 15) is 4.79 Å². The van der Waals surface area contributed by atoms with Crippen molar-refractivity contribution < 1.29 is 14.3 Å². The summed E-state index contributed by atoms with van der Waals surface area (Å²) in [7, 11) is 3.29. The highest BCUT2D eigenvalue weighted by atomic mass is 32.2. The molecular weight excluding hydrogens is 310 g/mol. The third kappa shape index (κ3) is 3.15. The quantitative estimate of drug-likeness (QED) is 0.859. The van der Waals surface area contributed by atoms with Gasteiger partial charge in [0.05, 0.1) is 14.2 Å². The number of benzene rings is 2. The molecule has 1 atom stereocenters. The van der Waals surface area contributed by atoms with E-state index in [1.165, 1.54) is 0 Å². The van der Waals surface area contributed by atoms with Crippen LogP contribution in [0.25, 0.3) is 0 Å². The molecular formula is C18H19NO3S. The number of carbonyl (C=O) groups is 1. The van der Waals surface area contributed by atoms with Gasteiger partial charge in [0.1, 0.15) is 16.9 Å². The Morgan fingerprint density at radius 3 is 2.61 bits per heavy atom. The van der Waals surface area contributed by atoms with Crippen molar-refractivity contribution in [1.82, 2.24) is 4.90 Å². The molecule has 2 aromatic rings. The molecule has 1 aliphatic rings. The fraction of sp³-hybridized carbons (Fsp3) is 0.278. The summed E-state index contributed by atoms with van der Waals surface area (Å²) in [6, 6.07) is 15.1. The smallest absolute Gasteiger partial charge is 0.255 e. The number of hydrogen-bond acceptors (Lipinski definition) is 4. The molecule has 0 bridgehead atoms. The zero-order valence-corrected chi connectivity index (χ0v) is 14.0. The Hall–Kier alpha value is -2.14. The number of methoxy groups -OCH3 is 2. The van der Waals surface area contributed by atoms with E-state index in [1.54, 1.807) is 26.0 Å². The molecule has 2 aromatic carbocycles. The van der Waals surface area contributed by atoms with E-state index in [2.05, 4.69) is 0 Å². The van der Waals surface area contributed by atoms with Gasteiger partial charge >= 0.3 is 0 Å². The van der Waals surface area contributed by atoms with Gasteiger partial charge in [-0.25, -0.2) is 0 Å². The summed E-state index contributed by atoms with van der Waals surface area (Å²) in [5.74, 6) is 2.49. The van der Waals surface area contributed by atoms with E-state index in [4.69, 9.17) is 9.47 Å². The highest BCUT2D eigenvalue weighted by Crippen LogP contribution is 2.43. The van der Waals surface area contributed by atoms with Crippen molar-refractivity contribution >= 4 is 17.7 Å². The summed E-state index contributed by atoms with van der Waals surface area (Å²) >= 11 is 1.74. The summed E-state index contributed by atoms with van der Waals surface area (Å²) in [6.07, 6.45) is 0. The van der Waals surface area contributed by atoms with Crippen LogP contribution in [0.3, 0.4) is 0 Å².